The molecule has 0 aliphatic carbocycles. The molecule has 3 aliphatic heterocycles. The van der Waals surface area contributed by atoms with Crippen molar-refractivity contribution in [2.75, 3.05) is 6.54 Å². The van der Waals surface area contributed by atoms with Gasteiger partial charge in [-0.05, 0) is 24.1 Å². The maximum Gasteiger partial charge on any atom is 0.586 e. The van der Waals surface area contributed by atoms with Gasteiger partial charge in [-0.1, -0.05) is 22.9 Å². The first-order valence-corrected chi connectivity index (χ1v) is 12.9. The third-order valence-electron chi connectivity index (χ3n) is 7.07. The minimum atomic E-state index is -3.78. The van der Waals surface area contributed by atoms with Crippen LogP contribution in [0.4, 0.5) is 8.78 Å². The summed E-state index contributed by atoms with van der Waals surface area (Å²) in [5, 5.41) is 0.896. The number of nitrogens with two attached hydrogens (primary N) is 1. The van der Waals surface area contributed by atoms with Gasteiger partial charge in [0.15, 0.2) is 11.5 Å². The van der Waals surface area contributed by atoms with Gasteiger partial charge in [0, 0.05) is 34.5 Å². The molecule has 0 radical (unpaired) electrons. The minimum absolute atomic E-state index is 0.0253. The SMILES string of the molecule is CCC1(OC(=O)CCN)C(=O)OCc2c1cc1n(c2=O)Cc2c-1nc1cc3c(cc1c2CBr)OC(F)(F)O3. The summed E-state index contributed by atoms with van der Waals surface area (Å²) in [4.78, 5) is 43.8. The van der Waals surface area contributed by atoms with Crippen molar-refractivity contribution < 1.29 is 37.3 Å². The zero-order valence-corrected chi connectivity index (χ0v) is 21.5. The van der Waals surface area contributed by atoms with E-state index in [2.05, 4.69) is 25.4 Å². The highest BCUT2D eigenvalue weighted by atomic mass is 79.9. The number of alkyl halides is 3. The van der Waals surface area contributed by atoms with Crippen LogP contribution in [-0.2, 0) is 43.1 Å². The van der Waals surface area contributed by atoms with Crippen molar-refractivity contribution in [1.29, 1.82) is 0 Å². The molecule has 13 heteroatoms. The summed E-state index contributed by atoms with van der Waals surface area (Å²) < 4.78 is 49.0. The standard InChI is InChI=1S/C25H20BrF2N3O7/c1-2-24(38-20(32)3-4-29)15-6-17-21-13(9-31(17)22(33)14(15)10-35-23(24)34)12(8-26)11-5-18-19(7-16(11)30-21)37-25(27,28)36-18/h5-7H,2-4,8-10,29H2,1H3. The van der Waals surface area contributed by atoms with E-state index in [-0.39, 0.29) is 55.2 Å². The van der Waals surface area contributed by atoms with E-state index < -0.39 is 29.4 Å². The number of hydrogen-bond donors (Lipinski definition) is 1. The number of halogens is 3. The van der Waals surface area contributed by atoms with Gasteiger partial charge in [-0.2, -0.15) is 0 Å². The van der Waals surface area contributed by atoms with Crippen LogP contribution in [0.5, 0.6) is 11.5 Å². The quantitative estimate of drug-likeness (QED) is 0.274. The van der Waals surface area contributed by atoms with Gasteiger partial charge in [-0.15, -0.1) is 8.78 Å². The van der Waals surface area contributed by atoms with Crippen LogP contribution in [0.25, 0.3) is 22.3 Å². The number of pyridine rings is 2. The van der Waals surface area contributed by atoms with Crippen molar-refractivity contribution in [2.24, 2.45) is 5.73 Å². The Morgan fingerprint density at radius 3 is 2.63 bits per heavy atom. The number of fused-ring (bicyclic) bond motifs is 6. The number of cyclic esters (lactones) is 1. The van der Waals surface area contributed by atoms with Crippen molar-refractivity contribution in [2.45, 2.75) is 50.1 Å². The van der Waals surface area contributed by atoms with E-state index in [1.165, 1.54) is 16.7 Å². The molecular formula is C25H20BrF2N3O7. The Morgan fingerprint density at radius 1 is 1.21 bits per heavy atom. The lowest BCUT2D eigenvalue weighted by molar-refractivity contribution is -0.286. The molecule has 10 nitrogen and oxygen atoms in total. The molecule has 38 heavy (non-hydrogen) atoms. The molecule has 3 aliphatic rings. The predicted molar refractivity (Wildman–Crippen MR) is 131 cm³/mol. The molecule has 1 aromatic carbocycles. The van der Waals surface area contributed by atoms with Gasteiger partial charge in [-0.25, -0.2) is 9.78 Å². The molecule has 198 valence electrons. The molecule has 0 saturated carbocycles. The zero-order chi connectivity index (χ0) is 27.0. The number of ether oxygens (including phenoxy) is 4. The van der Waals surface area contributed by atoms with Gasteiger partial charge < -0.3 is 29.2 Å². The van der Waals surface area contributed by atoms with Gasteiger partial charge in [0.05, 0.1) is 35.4 Å². The molecule has 0 saturated heterocycles. The molecule has 0 amide bonds. The van der Waals surface area contributed by atoms with Crippen LogP contribution in [0, 0.1) is 0 Å². The number of carbonyl (C=O) groups excluding carboxylic acids is 2. The monoisotopic (exact) mass is 591 g/mol. The molecular weight excluding hydrogens is 572 g/mol. The normalized spacial score (nSPS) is 20.1. The highest BCUT2D eigenvalue weighted by molar-refractivity contribution is 9.08. The summed E-state index contributed by atoms with van der Waals surface area (Å²) >= 11 is 3.48. The third kappa shape index (κ3) is 3.44. The Hall–Kier alpha value is -3.58. The van der Waals surface area contributed by atoms with E-state index in [0.29, 0.717) is 33.2 Å². The predicted octanol–water partition coefficient (Wildman–Crippen LogP) is 3.20. The summed E-state index contributed by atoms with van der Waals surface area (Å²) in [6.45, 7) is 1.57. The minimum Gasteiger partial charge on any atom is -0.457 e. The van der Waals surface area contributed by atoms with Crippen LogP contribution >= 0.6 is 15.9 Å². The molecule has 1 unspecified atom stereocenters. The number of hydrogen-bond acceptors (Lipinski definition) is 9. The highest BCUT2D eigenvalue weighted by Gasteiger charge is 2.50. The second-order valence-electron chi connectivity index (χ2n) is 9.12. The molecule has 6 rings (SSSR count). The summed E-state index contributed by atoms with van der Waals surface area (Å²) in [5.41, 5.74) is 6.33. The summed E-state index contributed by atoms with van der Waals surface area (Å²) in [7, 11) is 0. The van der Waals surface area contributed by atoms with E-state index in [1.54, 1.807) is 13.0 Å². The van der Waals surface area contributed by atoms with Gasteiger partial charge in [0.25, 0.3) is 5.56 Å². The lowest BCUT2D eigenvalue weighted by Crippen LogP contribution is -2.47. The summed E-state index contributed by atoms with van der Waals surface area (Å²) in [6.07, 6.45) is -3.87. The Labute approximate surface area is 221 Å². The summed E-state index contributed by atoms with van der Waals surface area (Å²) in [6, 6.07) is 4.43. The van der Waals surface area contributed by atoms with Gasteiger partial charge >= 0.3 is 18.2 Å². The van der Waals surface area contributed by atoms with E-state index in [1.807, 2.05) is 0 Å². The molecule has 0 spiro atoms. The first-order chi connectivity index (χ1) is 18.1. The molecule has 1 atom stereocenters. The molecule has 0 bridgehead atoms. The van der Waals surface area contributed by atoms with Crippen molar-refractivity contribution in [3.63, 3.8) is 0 Å². The maximum absolute atomic E-state index is 13.7. The molecule has 2 N–H and O–H groups in total. The number of nitrogens with zero attached hydrogens (tertiary/aromatic N) is 2. The lowest BCUT2D eigenvalue weighted by atomic mass is 9.85. The average molecular weight is 592 g/mol. The first-order valence-electron chi connectivity index (χ1n) is 11.8. The topological polar surface area (TPSA) is 132 Å². The van der Waals surface area contributed by atoms with Crippen molar-refractivity contribution in [1.82, 2.24) is 9.55 Å². The van der Waals surface area contributed by atoms with Gasteiger partial charge in [-0.3, -0.25) is 9.59 Å². The van der Waals surface area contributed by atoms with Gasteiger partial charge in [0.2, 0.25) is 5.60 Å². The zero-order valence-electron chi connectivity index (χ0n) is 19.9. The Bertz CT molecular complexity index is 1620. The lowest BCUT2D eigenvalue weighted by Gasteiger charge is -2.35. The second-order valence-corrected chi connectivity index (χ2v) is 9.68. The largest absolute Gasteiger partial charge is 0.586 e. The van der Waals surface area contributed by atoms with E-state index in [0.717, 1.165) is 5.56 Å². The van der Waals surface area contributed by atoms with Gasteiger partial charge in [0.1, 0.15) is 6.61 Å². The summed E-state index contributed by atoms with van der Waals surface area (Å²) in [5.74, 6) is -1.74. The smallest absolute Gasteiger partial charge is 0.457 e. The number of aromatic nitrogens is 2. The number of carbonyl (C=O) groups is 2. The van der Waals surface area contributed by atoms with Crippen LogP contribution in [0.3, 0.4) is 0 Å². The van der Waals surface area contributed by atoms with Crippen LogP contribution in [0.2, 0.25) is 0 Å². The number of esters is 2. The van der Waals surface area contributed by atoms with E-state index >= 15 is 0 Å². The highest BCUT2D eigenvalue weighted by Crippen LogP contribution is 2.47. The number of rotatable bonds is 5. The molecule has 5 heterocycles. The van der Waals surface area contributed by atoms with Crippen molar-refractivity contribution in [3.8, 4) is 22.9 Å². The first kappa shape index (κ1) is 24.7. The third-order valence-corrected chi connectivity index (χ3v) is 7.63. The molecule has 2 aromatic heterocycles. The second kappa shape index (κ2) is 8.46. The Balaban J connectivity index is 1.57. The number of benzene rings is 1. The molecule has 3 aromatic rings. The average Bonchev–Trinajstić information content (AvgIpc) is 3.38. The Kier molecular flexibility index (Phi) is 5.51. The maximum atomic E-state index is 13.7. The Morgan fingerprint density at radius 2 is 1.95 bits per heavy atom. The van der Waals surface area contributed by atoms with E-state index in [9.17, 15) is 23.2 Å². The fourth-order valence-electron chi connectivity index (χ4n) is 5.28. The fraction of sp³-hybridized carbons (Fsp3) is 0.360. The molecule has 0 fully saturated rings. The van der Waals surface area contributed by atoms with Crippen LogP contribution in [-0.4, -0.2) is 34.3 Å². The van der Waals surface area contributed by atoms with Crippen molar-refractivity contribution >= 4 is 38.8 Å². The van der Waals surface area contributed by atoms with E-state index in [4.69, 9.17) is 20.2 Å². The van der Waals surface area contributed by atoms with Crippen LogP contribution in [0.15, 0.2) is 23.0 Å². The van der Waals surface area contributed by atoms with Crippen LogP contribution < -0.4 is 20.8 Å². The van der Waals surface area contributed by atoms with Crippen LogP contribution in [0.1, 0.15) is 42.0 Å². The fourth-order valence-corrected chi connectivity index (χ4v) is 5.92. The van der Waals surface area contributed by atoms with Crippen molar-refractivity contribution in [3.05, 3.63) is 50.8 Å².